The molecule has 0 aliphatic carbocycles. The van der Waals surface area contributed by atoms with Crippen LogP contribution in [0.3, 0.4) is 0 Å². The van der Waals surface area contributed by atoms with Crippen LogP contribution in [0.25, 0.3) is 10.6 Å². The number of carbonyl (C=O) groups is 1. The summed E-state index contributed by atoms with van der Waals surface area (Å²) in [4.78, 5) is 18.6. The summed E-state index contributed by atoms with van der Waals surface area (Å²) in [5.74, 6) is 0.0286. The molecule has 3 rings (SSSR count). The van der Waals surface area contributed by atoms with Crippen molar-refractivity contribution in [2.75, 3.05) is 0 Å². The van der Waals surface area contributed by atoms with Crippen molar-refractivity contribution in [1.29, 1.82) is 0 Å². The quantitative estimate of drug-likeness (QED) is 0.779. The number of thiophene rings is 1. The molecule has 0 bridgehead atoms. The Balaban J connectivity index is 1.62. The molecule has 1 amide bonds. The zero-order valence-electron chi connectivity index (χ0n) is 11.3. The Hall–Kier alpha value is -1.98. The molecule has 2 heterocycles. The number of carbonyl (C=O) groups excluding carboxylic acids is 1. The molecule has 106 valence electrons. The summed E-state index contributed by atoms with van der Waals surface area (Å²) < 4.78 is 0. The number of hydrogen-bond acceptors (Lipinski definition) is 4. The molecule has 0 spiro atoms. The third kappa shape index (κ3) is 3.56. The van der Waals surface area contributed by atoms with Crippen molar-refractivity contribution in [3.05, 3.63) is 63.8 Å². The van der Waals surface area contributed by atoms with Crippen molar-refractivity contribution >= 4 is 28.6 Å². The van der Waals surface area contributed by atoms with Crippen molar-refractivity contribution < 1.29 is 4.79 Å². The van der Waals surface area contributed by atoms with Gasteiger partial charge < -0.3 is 5.32 Å². The lowest BCUT2D eigenvalue weighted by Gasteiger charge is -2.05. The van der Waals surface area contributed by atoms with E-state index in [1.165, 1.54) is 11.3 Å². The van der Waals surface area contributed by atoms with Gasteiger partial charge in [0.25, 0.3) is 0 Å². The Morgan fingerprint density at radius 2 is 1.95 bits per heavy atom. The van der Waals surface area contributed by atoms with Crippen molar-refractivity contribution in [2.45, 2.75) is 13.0 Å². The van der Waals surface area contributed by atoms with Gasteiger partial charge in [0.1, 0.15) is 0 Å². The fourth-order valence-corrected chi connectivity index (χ4v) is 3.60. The number of benzene rings is 1. The molecule has 0 aliphatic heterocycles. The first-order chi connectivity index (χ1) is 10.3. The number of nitrogens with zero attached hydrogens (tertiary/aromatic N) is 1. The highest BCUT2D eigenvalue weighted by atomic mass is 32.1. The Morgan fingerprint density at radius 3 is 2.71 bits per heavy atom. The van der Waals surface area contributed by atoms with E-state index in [1.807, 2.05) is 47.8 Å². The summed E-state index contributed by atoms with van der Waals surface area (Å²) in [7, 11) is 0. The zero-order chi connectivity index (χ0) is 14.5. The van der Waals surface area contributed by atoms with Crippen LogP contribution in [0.1, 0.15) is 10.4 Å². The van der Waals surface area contributed by atoms with E-state index in [1.54, 1.807) is 16.8 Å². The van der Waals surface area contributed by atoms with Gasteiger partial charge in [-0.1, -0.05) is 36.4 Å². The minimum Gasteiger partial charge on any atom is -0.352 e. The molecule has 2 aromatic heterocycles. The molecule has 1 aromatic carbocycles. The van der Waals surface area contributed by atoms with E-state index in [2.05, 4.69) is 10.3 Å². The van der Waals surface area contributed by atoms with Gasteiger partial charge in [-0.3, -0.25) is 4.79 Å². The van der Waals surface area contributed by atoms with Gasteiger partial charge >= 0.3 is 0 Å². The highest BCUT2D eigenvalue weighted by Crippen LogP contribution is 2.29. The summed E-state index contributed by atoms with van der Waals surface area (Å²) in [5, 5.41) is 4.97. The molecule has 0 fully saturated rings. The van der Waals surface area contributed by atoms with Crippen LogP contribution in [0.5, 0.6) is 0 Å². The SMILES string of the molecule is O=C(Cc1scnc1-c1cccs1)NCc1ccccc1. The monoisotopic (exact) mass is 314 g/mol. The highest BCUT2D eigenvalue weighted by molar-refractivity contribution is 7.14. The fraction of sp³-hybridized carbons (Fsp3) is 0.125. The van der Waals surface area contributed by atoms with Gasteiger partial charge in [0.15, 0.2) is 0 Å². The molecule has 3 aromatic rings. The van der Waals surface area contributed by atoms with E-state index < -0.39 is 0 Å². The van der Waals surface area contributed by atoms with Gasteiger partial charge in [0, 0.05) is 11.4 Å². The van der Waals surface area contributed by atoms with Gasteiger partial charge in [-0.2, -0.15) is 0 Å². The third-order valence-electron chi connectivity index (χ3n) is 3.05. The van der Waals surface area contributed by atoms with E-state index in [0.29, 0.717) is 13.0 Å². The van der Waals surface area contributed by atoms with Crippen LogP contribution in [0, 0.1) is 0 Å². The van der Waals surface area contributed by atoms with Gasteiger partial charge in [0.05, 0.1) is 22.5 Å². The second-order valence-electron chi connectivity index (χ2n) is 4.54. The Kier molecular flexibility index (Phi) is 4.43. The molecule has 0 atom stereocenters. The summed E-state index contributed by atoms with van der Waals surface area (Å²) >= 11 is 3.18. The lowest BCUT2D eigenvalue weighted by molar-refractivity contribution is -0.120. The average Bonchev–Trinajstić information content (AvgIpc) is 3.17. The van der Waals surface area contributed by atoms with E-state index in [0.717, 1.165) is 21.0 Å². The van der Waals surface area contributed by atoms with Gasteiger partial charge in [-0.05, 0) is 17.0 Å². The number of amides is 1. The molecule has 1 N–H and O–H groups in total. The fourth-order valence-electron chi connectivity index (χ4n) is 2.02. The maximum absolute atomic E-state index is 12.1. The number of hydrogen-bond donors (Lipinski definition) is 1. The maximum atomic E-state index is 12.1. The first-order valence-corrected chi connectivity index (χ1v) is 8.36. The summed E-state index contributed by atoms with van der Waals surface area (Å²) in [5.41, 5.74) is 3.84. The van der Waals surface area contributed by atoms with E-state index in [4.69, 9.17) is 0 Å². The van der Waals surface area contributed by atoms with Crippen LogP contribution in [0.15, 0.2) is 53.4 Å². The van der Waals surface area contributed by atoms with Crippen molar-refractivity contribution in [3.63, 3.8) is 0 Å². The topological polar surface area (TPSA) is 42.0 Å². The molecule has 3 nitrogen and oxygen atoms in total. The van der Waals surface area contributed by atoms with Crippen LogP contribution >= 0.6 is 22.7 Å². The van der Waals surface area contributed by atoms with Crippen LogP contribution < -0.4 is 5.32 Å². The predicted octanol–water partition coefficient (Wildman–Crippen LogP) is 3.73. The lowest BCUT2D eigenvalue weighted by Crippen LogP contribution is -2.24. The number of aromatic nitrogens is 1. The first-order valence-electron chi connectivity index (χ1n) is 6.60. The van der Waals surface area contributed by atoms with Gasteiger partial charge in [-0.15, -0.1) is 22.7 Å². The van der Waals surface area contributed by atoms with Crippen molar-refractivity contribution in [1.82, 2.24) is 10.3 Å². The Bertz CT molecular complexity index is 705. The van der Waals surface area contributed by atoms with Crippen molar-refractivity contribution in [2.24, 2.45) is 0 Å². The van der Waals surface area contributed by atoms with Gasteiger partial charge in [0.2, 0.25) is 5.91 Å². The normalized spacial score (nSPS) is 10.5. The molecule has 21 heavy (non-hydrogen) atoms. The molecule has 0 saturated heterocycles. The average molecular weight is 314 g/mol. The molecule has 0 saturated carbocycles. The molecule has 0 aliphatic rings. The number of thiazole rings is 1. The summed E-state index contributed by atoms with van der Waals surface area (Å²) in [6, 6.07) is 14.0. The molecular weight excluding hydrogens is 300 g/mol. The largest absolute Gasteiger partial charge is 0.352 e. The molecule has 5 heteroatoms. The van der Waals surface area contributed by atoms with E-state index >= 15 is 0 Å². The third-order valence-corrected chi connectivity index (χ3v) is 4.76. The Morgan fingerprint density at radius 1 is 1.10 bits per heavy atom. The molecule has 0 unspecified atom stereocenters. The van der Waals surface area contributed by atoms with Crippen LogP contribution in [-0.4, -0.2) is 10.9 Å². The standard InChI is InChI=1S/C16H14N2OS2/c19-15(17-10-12-5-2-1-3-6-12)9-14-16(18-11-21-14)13-7-4-8-20-13/h1-8,11H,9-10H2,(H,17,19). The highest BCUT2D eigenvalue weighted by Gasteiger charge is 2.13. The van der Waals surface area contributed by atoms with Gasteiger partial charge in [-0.25, -0.2) is 4.98 Å². The van der Waals surface area contributed by atoms with E-state index in [-0.39, 0.29) is 5.91 Å². The van der Waals surface area contributed by atoms with Crippen LogP contribution in [-0.2, 0) is 17.8 Å². The number of rotatable bonds is 5. The molecular formula is C16H14N2OS2. The summed E-state index contributed by atoms with van der Waals surface area (Å²) in [6.07, 6.45) is 0.380. The smallest absolute Gasteiger partial charge is 0.225 e. The molecule has 0 radical (unpaired) electrons. The zero-order valence-corrected chi connectivity index (χ0v) is 12.9. The predicted molar refractivity (Wildman–Crippen MR) is 87.4 cm³/mol. The number of nitrogens with one attached hydrogen (secondary N) is 1. The van der Waals surface area contributed by atoms with Crippen LogP contribution in [0.4, 0.5) is 0 Å². The minimum absolute atomic E-state index is 0.0286. The van der Waals surface area contributed by atoms with Crippen molar-refractivity contribution in [3.8, 4) is 10.6 Å². The van der Waals surface area contributed by atoms with Crippen LogP contribution in [0.2, 0.25) is 0 Å². The lowest BCUT2D eigenvalue weighted by atomic mass is 10.2. The summed E-state index contributed by atoms with van der Waals surface area (Å²) in [6.45, 7) is 0.562. The maximum Gasteiger partial charge on any atom is 0.225 e. The minimum atomic E-state index is 0.0286. The first kappa shape index (κ1) is 14.0. The Labute approximate surface area is 131 Å². The van der Waals surface area contributed by atoms with E-state index in [9.17, 15) is 4.79 Å². The second kappa shape index (κ2) is 6.65. The second-order valence-corrected chi connectivity index (χ2v) is 6.43.